The van der Waals surface area contributed by atoms with E-state index in [-0.39, 0.29) is 0 Å². The average molecular weight is 327 g/mol. The highest BCUT2D eigenvalue weighted by Crippen LogP contribution is 2.39. The van der Waals surface area contributed by atoms with Crippen LogP contribution >= 0.6 is 10.7 Å². The van der Waals surface area contributed by atoms with E-state index in [1.165, 1.54) is 0 Å². The summed E-state index contributed by atoms with van der Waals surface area (Å²) in [5.41, 5.74) is 0. The van der Waals surface area contributed by atoms with Crippen molar-refractivity contribution < 1.29 is 39.8 Å². The number of hydrogen-bond donors (Lipinski definition) is 0. The van der Waals surface area contributed by atoms with Gasteiger partial charge in [0.2, 0.25) is 0 Å². The zero-order valence-electron chi connectivity index (χ0n) is 8.62. The van der Waals surface area contributed by atoms with E-state index < -0.39 is 38.4 Å². The van der Waals surface area contributed by atoms with Gasteiger partial charge in [0.1, 0.15) is 4.90 Å². The smallest absolute Gasteiger partial charge is 0.429 e. The summed E-state index contributed by atoms with van der Waals surface area (Å²) in [5, 5.41) is 0. The van der Waals surface area contributed by atoms with Crippen molar-refractivity contribution in [1.29, 1.82) is 0 Å². The highest BCUT2D eigenvalue weighted by atomic mass is 35.7. The lowest BCUT2D eigenvalue weighted by Gasteiger charge is -2.15. The van der Waals surface area contributed by atoms with Gasteiger partial charge in [-0.25, -0.2) is 8.42 Å². The summed E-state index contributed by atoms with van der Waals surface area (Å²) in [7, 11) is 0.310. The first kappa shape index (κ1) is 15.8. The van der Waals surface area contributed by atoms with Crippen LogP contribution in [0.3, 0.4) is 0 Å². The van der Waals surface area contributed by atoms with Gasteiger partial charge in [-0.3, -0.25) is 0 Å². The van der Waals surface area contributed by atoms with Gasteiger partial charge in [-0.15, -0.1) is 13.2 Å². The minimum Gasteiger partial charge on any atom is -0.429 e. The molecular formula is C8H4ClF5O4S. The Morgan fingerprint density at radius 3 is 2.21 bits per heavy atom. The van der Waals surface area contributed by atoms with E-state index in [2.05, 4.69) is 9.47 Å². The number of benzene rings is 1. The lowest BCUT2D eigenvalue weighted by atomic mass is 10.3. The fourth-order valence-electron chi connectivity index (χ4n) is 1.10. The highest BCUT2D eigenvalue weighted by Gasteiger charge is 2.34. The van der Waals surface area contributed by atoms with E-state index in [0.29, 0.717) is 12.1 Å². The summed E-state index contributed by atoms with van der Waals surface area (Å²) in [5.74, 6) is -2.56. The van der Waals surface area contributed by atoms with E-state index in [9.17, 15) is 30.4 Å². The van der Waals surface area contributed by atoms with Crippen LogP contribution in [0.15, 0.2) is 23.1 Å². The van der Waals surface area contributed by atoms with Gasteiger partial charge in [-0.1, -0.05) is 6.07 Å². The molecule has 4 nitrogen and oxygen atoms in total. The molecule has 0 fully saturated rings. The zero-order chi connectivity index (χ0) is 14.8. The molecule has 1 aromatic rings. The molecule has 0 spiro atoms. The minimum absolute atomic E-state index is 0.608. The van der Waals surface area contributed by atoms with Crippen LogP contribution < -0.4 is 9.47 Å². The van der Waals surface area contributed by atoms with Crippen LogP contribution in [0.1, 0.15) is 0 Å². The SMILES string of the molecule is O=S(=O)(Cl)c1cccc(OC(F)(F)F)c1OC(F)F. The van der Waals surface area contributed by atoms with E-state index in [1.54, 1.807) is 0 Å². The van der Waals surface area contributed by atoms with Crippen molar-refractivity contribution in [2.24, 2.45) is 0 Å². The Kier molecular flexibility index (Phi) is 4.46. The first-order valence-electron chi connectivity index (χ1n) is 4.29. The van der Waals surface area contributed by atoms with Gasteiger partial charge in [0, 0.05) is 10.7 Å². The maximum atomic E-state index is 12.1. The van der Waals surface area contributed by atoms with Crippen molar-refractivity contribution in [1.82, 2.24) is 0 Å². The minimum atomic E-state index is -5.21. The fraction of sp³-hybridized carbons (Fsp3) is 0.250. The fourth-order valence-corrected chi connectivity index (χ4v) is 2.07. The third kappa shape index (κ3) is 4.71. The molecule has 0 aliphatic rings. The van der Waals surface area contributed by atoms with Crippen LogP contribution in [-0.4, -0.2) is 21.4 Å². The van der Waals surface area contributed by atoms with Crippen molar-refractivity contribution in [2.45, 2.75) is 17.9 Å². The summed E-state index contributed by atoms with van der Waals surface area (Å²) < 4.78 is 89.6. The largest absolute Gasteiger partial charge is 0.573 e. The number of halogens is 6. The van der Waals surface area contributed by atoms with Crippen molar-refractivity contribution in [2.75, 3.05) is 0 Å². The Hall–Kier alpha value is -1.29. The molecular weight excluding hydrogens is 323 g/mol. The molecule has 0 N–H and O–H groups in total. The Labute approximate surface area is 108 Å². The molecule has 0 heterocycles. The standard InChI is InChI=1S/C8H4ClF5O4S/c9-19(15,16)5-3-1-2-4(18-8(12,13)14)6(5)17-7(10)11/h1-3,7H. The van der Waals surface area contributed by atoms with E-state index in [4.69, 9.17) is 10.7 Å². The number of alkyl halides is 5. The normalized spacial score (nSPS) is 12.6. The molecule has 0 radical (unpaired) electrons. The molecule has 0 bridgehead atoms. The lowest BCUT2D eigenvalue weighted by Crippen LogP contribution is -2.19. The Morgan fingerprint density at radius 2 is 1.79 bits per heavy atom. The van der Waals surface area contributed by atoms with Gasteiger partial charge in [0.25, 0.3) is 9.05 Å². The molecule has 1 aromatic carbocycles. The van der Waals surface area contributed by atoms with E-state index in [1.807, 2.05) is 0 Å². The second kappa shape index (κ2) is 5.37. The topological polar surface area (TPSA) is 52.6 Å². The van der Waals surface area contributed by atoms with E-state index in [0.717, 1.165) is 6.07 Å². The molecule has 19 heavy (non-hydrogen) atoms. The maximum absolute atomic E-state index is 12.1. The Bertz CT molecular complexity index is 557. The quantitative estimate of drug-likeness (QED) is 0.630. The average Bonchev–Trinajstić information content (AvgIpc) is 2.15. The summed E-state index contributed by atoms with van der Waals surface area (Å²) in [6.45, 7) is -3.56. The van der Waals surface area contributed by atoms with Crippen LogP contribution in [0.2, 0.25) is 0 Å². The molecule has 0 saturated heterocycles. The first-order valence-corrected chi connectivity index (χ1v) is 6.60. The number of para-hydroxylation sites is 1. The van der Waals surface area contributed by atoms with Gasteiger partial charge in [-0.05, 0) is 12.1 Å². The Balaban J connectivity index is 3.39. The van der Waals surface area contributed by atoms with Gasteiger partial charge < -0.3 is 9.47 Å². The summed E-state index contributed by atoms with van der Waals surface area (Å²) in [4.78, 5) is -1.06. The van der Waals surface area contributed by atoms with Crippen LogP contribution in [0.5, 0.6) is 11.5 Å². The zero-order valence-corrected chi connectivity index (χ0v) is 10.2. The van der Waals surface area contributed by atoms with E-state index >= 15 is 0 Å². The van der Waals surface area contributed by atoms with Crippen LogP contribution in [0.25, 0.3) is 0 Å². The second-order valence-corrected chi connectivity index (χ2v) is 5.48. The molecule has 0 unspecified atom stereocenters. The second-order valence-electron chi connectivity index (χ2n) is 2.95. The van der Waals surface area contributed by atoms with Gasteiger partial charge in [-0.2, -0.15) is 8.78 Å². The van der Waals surface area contributed by atoms with Crippen molar-refractivity contribution >= 4 is 19.7 Å². The monoisotopic (exact) mass is 326 g/mol. The Morgan fingerprint density at radius 1 is 1.21 bits per heavy atom. The third-order valence-electron chi connectivity index (χ3n) is 1.64. The number of hydrogen-bond acceptors (Lipinski definition) is 4. The molecule has 0 aromatic heterocycles. The van der Waals surface area contributed by atoms with Crippen molar-refractivity contribution in [3.05, 3.63) is 18.2 Å². The maximum Gasteiger partial charge on any atom is 0.573 e. The molecule has 0 aliphatic heterocycles. The van der Waals surface area contributed by atoms with Crippen LogP contribution in [-0.2, 0) is 9.05 Å². The summed E-state index contributed by atoms with van der Waals surface area (Å²) in [6.07, 6.45) is -5.21. The molecule has 0 saturated carbocycles. The number of rotatable bonds is 4. The van der Waals surface area contributed by atoms with Gasteiger partial charge in [0.15, 0.2) is 11.5 Å². The van der Waals surface area contributed by atoms with Gasteiger partial charge in [0.05, 0.1) is 0 Å². The summed E-state index contributed by atoms with van der Waals surface area (Å²) in [6, 6.07) is 2.13. The van der Waals surface area contributed by atoms with Crippen molar-refractivity contribution in [3.63, 3.8) is 0 Å². The van der Waals surface area contributed by atoms with Crippen LogP contribution in [0.4, 0.5) is 22.0 Å². The number of ether oxygens (including phenoxy) is 2. The predicted molar refractivity (Wildman–Crippen MR) is 52.8 cm³/mol. The highest BCUT2D eigenvalue weighted by molar-refractivity contribution is 8.13. The molecule has 0 atom stereocenters. The van der Waals surface area contributed by atoms with Crippen molar-refractivity contribution in [3.8, 4) is 11.5 Å². The van der Waals surface area contributed by atoms with Crippen LogP contribution in [0, 0.1) is 0 Å². The molecule has 0 amide bonds. The lowest BCUT2D eigenvalue weighted by molar-refractivity contribution is -0.275. The summed E-state index contributed by atoms with van der Waals surface area (Å²) >= 11 is 0. The molecule has 0 aliphatic carbocycles. The predicted octanol–water partition coefficient (Wildman–Crippen LogP) is 3.11. The van der Waals surface area contributed by atoms with Gasteiger partial charge >= 0.3 is 13.0 Å². The molecule has 11 heteroatoms. The third-order valence-corrected chi connectivity index (χ3v) is 2.98. The first-order chi connectivity index (χ1) is 8.50. The molecule has 108 valence electrons. The molecule has 1 rings (SSSR count).